The summed E-state index contributed by atoms with van der Waals surface area (Å²) in [5.41, 5.74) is 5.58. The number of imidazole rings is 1. The number of hydrogen-bond acceptors (Lipinski definition) is 4. The van der Waals surface area contributed by atoms with Crippen molar-refractivity contribution in [1.29, 1.82) is 0 Å². The van der Waals surface area contributed by atoms with E-state index in [4.69, 9.17) is 10.9 Å². The van der Waals surface area contributed by atoms with Crippen molar-refractivity contribution in [2.75, 3.05) is 13.6 Å². The molecule has 2 heterocycles. The molecule has 0 spiro atoms. The molecule has 0 amide bonds. The van der Waals surface area contributed by atoms with E-state index < -0.39 is 0 Å². The summed E-state index contributed by atoms with van der Waals surface area (Å²) in [6, 6.07) is 0.626. The highest BCUT2D eigenvalue weighted by molar-refractivity contribution is 5.93. The lowest BCUT2D eigenvalue weighted by atomic mass is 10.0. The molecule has 1 fully saturated rings. The van der Waals surface area contributed by atoms with Crippen molar-refractivity contribution in [3.05, 3.63) is 18.2 Å². The summed E-state index contributed by atoms with van der Waals surface area (Å²) in [4.78, 5) is 6.52. The lowest BCUT2D eigenvalue weighted by Crippen LogP contribution is -2.37. The van der Waals surface area contributed by atoms with Gasteiger partial charge in [0.05, 0.1) is 0 Å². The van der Waals surface area contributed by atoms with Gasteiger partial charge in [-0.1, -0.05) is 11.6 Å². The van der Waals surface area contributed by atoms with E-state index >= 15 is 0 Å². The molecule has 0 bridgehead atoms. The highest BCUT2D eigenvalue weighted by Gasteiger charge is 2.19. The largest absolute Gasteiger partial charge is 0.409 e. The van der Waals surface area contributed by atoms with E-state index in [1.165, 1.54) is 25.8 Å². The van der Waals surface area contributed by atoms with Crippen LogP contribution < -0.4 is 5.73 Å². The van der Waals surface area contributed by atoms with E-state index in [1.807, 2.05) is 10.8 Å². The molecule has 6 heteroatoms. The van der Waals surface area contributed by atoms with Crippen molar-refractivity contribution in [3.8, 4) is 0 Å². The molecule has 18 heavy (non-hydrogen) atoms. The van der Waals surface area contributed by atoms with Gasteiger partial charge < -0.3 is 20.4 Å². The zero-order valence-electron chi connectivity index (χ0n) is 10.8. The zero-order chi connectivity index (χ0) is 13.0. The Kier molecular flexibility index (Phi) is 4.19. The second-order valence-corrected chi connectivity index (χ2v) is 4.85. The number of oxime groups is 1. The number of nitrogens with two attached hydrogens (primary N) is 1. The van der Waals surface area contributed by atoms with Crippen LogP contribution in [0.3, 0.4) is 0 Å². The molecule has 1 aromatic rings. The van der Waals surface area contributed by atoms with E-state index in [1.54, 1.807) is 6.20 Å². The number of piperidine rings is 1. The summed E-state index contributed by atoms with van der Waals surface area (Å²) < 4.78 is 1.94. The number of rotatable bonds is 4. The third-order valence-corrected chi connectivity index (χ3v) is 3.68. The Labute approximate surface area is 107 Å². The normalized spacial score (nSPS) is 22.3. The quantitative estimate of drug-likeness (QED) is 0.360. The molecule has 1 saturated heterocycles. The van der Waals surface area contributed by atoms with Crippen LogP contribution >= 0.6 is 0 Å². The van der Waals surface area contributed by atoms with Gasteiger partial charge >= 0.3 is 0 Å². The second kappa shape index (κ2) is 5.86. The molecule has 1 aromatic heterocycles. The van der Waals surface area contributed by atoms with Gasteiger partial charge in [0.2, 0.25) is 5.84 Å². The molecule has 1 unspecified atom stereocenters. The van der Waals surface area contributed by atoms with Crippen LogP contribution in [0.25, 0.3) is 0 Å². The molecule has 0 aromatic carbocycles. The van der Waals surface area contributed by atoms with E-state index in [2.05, 4.69) is 22.1 Å². The van der Waals surface area contributed by atoms with Crippen LogP contribution in [-0.2, 0) is 6.54 Å². The highest BCUT2D eigenvalue weighted by Crippen LogP contribution is 2.18. The van der Waals surface area contributed by atoms with Crippen molar-refractivity contribution in [3.63, 3.8) is 0 Å². The molecule has 2 rings (SSSR count). The predicted octanol–water partition coefficient (Wildman–Crippen LogP) is 0.852. The van der Waals surface area contributed by atoms with E-state index in [9.17, 15) is 0 Å². The van der Waals surface area contributed by atoms with Crippen LogP contribution in [0.5, 0.6) is 0 Å². The van der Waals surface area contributed by atoms with Gasteiger partial charge in [0.1, 0.15) is 0 Å². The first kappa shape index (κ1) is 12.9. The molecule has 3 N–H and O–H groups in total. The molecule has 1 aliphatic heterocycles. The lowest BCUT2D eigenvalue weighted by molar-refractivity contribution is 0.171. The maximum atomic E-state index is 8.69. The highest BCUT2D eigenvalue weighted by atomic mass is 16.4. The number of amidine groups is 1. The maximum absolute atomic E-state index is 8.69. The van der Waals surface area contributed by atoms with Crippen molar-refractivity contribution < 1.29 is 5.21 Å². The average molecular weight is 251 g/mol. The summed E-state index contributed by atoms with van der Waals surface area (Å²) in [5, 5.41) is 11.7. The third kappa shape index (κ3) is 2.81. The van der Waals surface area contributed by atoms with Gasteiger partial charge in [0, 0.05) is 25.0 Å². The minimum atomic E-state index is 0.0667. The first-order valence-corrected chi connectivity index (χ1v) is 6.41. The van der Waals surface area contributed by atoms with Gasteiger partial charge in [0.15, 0.2) is 5.82 Å². The number of likely N-dealkylation sites (tertiary alicyclic amines) is 1. The molecule has 0 radical (unpaired) electrons. The SMILES string of the molecule is CN1CCCCC1CCn1ccnc1/C(N)=N/O. The monoisotopic (exact) mass is 251 g/mol. The number of hydrogen-bond donors (Lipinski definition) is 2. The topological polar surface area (TPSA) is 79.7 Å². The second-order valence-electron chi connectivity index (χ2n) is 4.85. The molecule has 0 saturated carbocycles. The number of aryl methyl sites for hydroxylation is 1. The van der Waals surface area contributed by atoms with Crippen molar-refractivity contribution >= 4 is 5.84 Å². The van der Waals surface area contributed by atoms with Crippen molar-refractivity contribution in [2.24, 2.45) is 10.9 Å². The minimum Gasteiger partial charge on any atom is -0.409 e. The van der Waals surface area contributed by atoms with Crippen LogP contribution in [0.4, 0.5) is 0 Å². The summed E-state index contributed by atoms with van der Waals surface area (Å²) in [7, 11) is 2.18. The Morgan fingerprint density at radius 3 is 3.17 bits per heavy atom. The Balaban J connectivity index is 1.96. The van der Waals surface area contributed by atoms with Crippen LogP contribution in [0.1, 0.15) is 31.5 Å². The smallest absolute Gasteiger partial charge is 0.206 e. The molecule has 1 atom stereocenters. The Bertz CT molecular complexity index is 414. The first-order valence-electron chi connectivity index (χ1n) is 6.41. The zero-order valence-corrected chi connectivity index (χ0v) is 10.8. The fourth-order valence-corrected chi connectivity index (χ4v) is 2.56. The van der Waals surface area contributed by atoms with Gasteiger partial charge in [0.25, 0.3) is 0 Å². The van der Waals surface area contributed by atoms with E-state index in [0.29, 0.717) is 11.9 Å². The fraction of sp³-hybridized carbons (Fsp3) is 0.667. The van der Waals surface area contributed by atoms with Gasteiger partial charge in [-0.05, 0) is 32.9 Å². The standard InChI is InChI=1S/C12H21N5O/c1-16-7-3-2-4-10(16)5-8-17-9-6-14-12(17)11(13)15-18/h6,9-10,18H,2-5,7-8H2,1H3,(H2,13,15). The summed E-state index contributed by atoms with van der Waals surface area (Å²) in [6.07, 6.45) is 8.48. The maximum Gasteiger partial charge on any atom is 0.206 e. The van der Waals surface area contributed by atoms with Crippen LogP contribution in [-0.4, -0.2) is 45.1 Å². The summed E-state index contributed by atoms with van der Waals surface area (Å²) >= 11 is 0. The molecule has 100 valence electrons. The molecule has 0 aliphatic carbocycles. The van der Waals surface area contributed by atoms with Gasteiger partial charge in [-0.25, -0.2) is 4.98 Å². The summed E-state index contributed by atoms with van der Waals surface area (Å²) in [5.74, 6) is 0.605. The van der Waals surface area contributed by atoms with Gasteiger partial charge in [-0.3, -0.25) is 0 Å². The van der Waals surface area contributed by atoms with E-state index in [-0.39, 0.29) is 5.84 Å². The molecular formula is C12H21N5O. The van der Waals surface area contributed by atoms with Gasteiger partial charge in [-0.2, -0.15) is 0 Å². The predicted molar refractivity (Wildman–Crippen MR) is 69.6 cm³/mol. The lowest BCUT2D eigenvalue weighted by Gasteiger charge is -2.32. The van der Waals surface area contributed by atoms with Crippen LogP contribution in [0, 0.1) is 0 Å². The summed E-state index contributed by atoms with van der Waals surface area (Å²) in [6.45, 7) is 2.03. The van der Waals surface area contributed by atoms with Crippen molar-refractivity contribution in [1.82, 2.24) is 14.5 Å². The van der Waals surface area contributed by atoms with E-state index in [0.717, 1.165) is 13.0 Å². The molecule has 6 nitrogen and oxygen atoms in total. The molecule has 1 aliphatic rings. The Hall–Kier alpha value is -1.56. The van der Waals surface area contributed by atoms with Crippen LogP contribution in [0.15, 0.2) is 17.5 Å². The minimum absolute atomic E-state index is 0.0667. The van der Waals surface area contributed by atoms with Gasteiger partial charge in [-0.15, -0.1) is 0 Å². The number of aromatic nitrogens is 2. The third-order valence-electron chi connectivity index (χ3n) is 3.68. The Morgan fingerprint density at radius 2 is 2.44 bits per heavy atom. The fourth-order valence-electron chi connectivity index (χ4n) is 2.56. The Morgan fingerprint density at radius 1 is 1.61 bits per heavy atom. The van der Waals surface area contributed by atoms with Crippen molar-refractivity contribution in [2.45, 2.75) is 38.3 Å². The molecular weight excluding hydrogens is 230 g/mol. The average Bonchev–Trinajstić information content (AvgIpc) is 2.85. The number of nitrogens with zero attached hydrogens (tertiary/aromatic N) is 4. The first-order chi connectivity index (χ1) is 8.72. The van der Waals surface area contributed by atoms with Crippen LogP contribution in [0.2, 0.25) is 0 Å².